The second kappa shape index (κ2) is 10.1. The molecule has 0 bridgehead atoms. The third kappa shape index (κ3) is 5.01. The number of fused-ring (bicyclic) bond motifs is 1. The van der Waals surface area contributed by atoms with Crippen LogP contribution in [-0.4, -0.2) is 48.7 Å². The Balaban J connectivity index is 1.34. The number of nitrogens with zero attached hydrogens (tertiary/aromatic N) is 1. The number of carbonyl (C=O) groups excluding carboxylic acids is 1. The summed E-state index contributed by atoms with van der Waals surface area (Å²) in [4.78, 5) is 16.1. The molecular weight excluding hydrogens is 465 g/mol. The van der Waals surface area contributed by atoms with Crippen molar-refractivity contribution < 1.29 is 23.8 Å². The zero-order chi connectivity index (χ0) is 24.4. The number of hydrogen-bond acceptors (Lipinski definition) is 6. The van der Waals surface area contributed by atoms with Crippen LogP contribution < -0.4 is 9.47 Å². The van der Waals surface area contributed by atoms with Crippen LogP contribution in [-0.2, 0) is 0 Å². The number of thiophene rings is 1. The fourth-order valence-electron chi connectivity index (χ4n) is 4.23. The molecule has 35 heavy (non-hydrogen) atoms. The number of halogens is 1. The summed E-state index contributed by atoms with van der Waals surface area (Å²) in [5.41, 5.74) is 1.51. The number of ketones is 1. The highest BCUT2D eigenvalue weighted by Crippen LogP contribution is 2.43. The molecule has 1 aliphatic heterocycles. The molecule has 1 aromatic heterocycles. The van der Waals surface area contributed by atoms with Crippen molar-refractivity contribution in [1.82, 2.24) is 4.90 Å². The Morgan fingerprint density at radius 3 is 2.57 bits per heavy atom. The number of ether oxygens (including phenoxy) is 2. The van der Waals surface area contributed by atoms with Gasteiger partial charge in [-0.1, -0.05) is 24.3 Å². The van der Waals surface area contributed by atoms with Gasteiger partial charge in [-0.2, -0.15) is 0 Å². The summed E-state index contributed by atoms with van der Waals surface area (Å²) < 4.78 is 25.4. The van der Waals surface area contributed by atoms with Crippen molar-refractivity contribution in [3.05, 3.63) is 82.7 Å². The van der Waals surface area contributed by atoms with E-state index in [-0.39, 0.29) is 24.1 Å². The number of alkyl halides is 1. The average Bonchev–Trinajstić information content (AvgIpc) is 3.18. The molecule has 3 aromatic carbocycles. The molecule has 1 aliphatic rings. The molecule has 1 saturated heterocycles. The van der Waals surface area contributed by atoms with Gasteiger partial charge in [-0.3, -0.25) is 14.1 Å². The average molecular weight is 492 g/mol. The van der Waals surface area contributed by atoms with Gasteiger partial charge in [0.1, 0.15) is 28.7 Å². The molecule has 0 saturated carbocycles. The van der Waals surface area contributed by atoms with Gasteiger partial charge in [-0.05, 0) is 55.0 Å². The molecular formula is C28H26FNO4S. The van der Waals surface area contributed by atoms with E-state index >= 15 is 0 Å². The quantitative estimate of drug-likeness (QED) is 0.282. The number of hydrogen-bond donors (Lipinski definition) is 1. The van der Waals surface area contributed by atoms with E-state index in [1.807, 2.05) is 55.5 Å². The Kier molecular flexibility index (Phi) is 6.70. The summed E-state index contributed by atoms with van der Waals surface area (Å²) in [6.45, 7) is 4.55. The van der Waals surface area contributed by atoms with E-state index in [1.165, 1.54) is 11.3 Å². The molecule has 0 aliphatic carbocycles. The van der Waals surface area contributed by atoms with Crippen molar-refractivity contribution in [3.8, 4) is 23.0 Å². The minimum Gasteiger partial charge on any atom is -0.508 e. The molecule has 4 aromatic rings. The van der Waals surface area contributed by atoms with Gasteiger partial charge in [0.25, 0.3) is 0 Å². The largest absolute Gasteiger partial charge is 0.508 e. The highest BCUT2D eigenvalue weighted by molar-refractivity contribution is 7.21. The molecule has 5 nitrogen and oxygen atoms in total. The smallest absolute Gasteiger partial charge is 0.207 e. The number of phenolic OH excluding ortho intramolecular Hbond substituents is 1. The van der Waals surface area contributed by atoms with Gasteiger partial charge in [-0.15, -0.1) is 11.3 Å². The molecule has 2 heterocycles. The van der Waals surface area contributed by atoms with E-state index in [4.69, 9.17) is 9.47 Å². The van der Waals surface area contributed by atoms with E-state index in [0.29, 0.717) is 28.5 Å². The summed E-state index contributed by atoms with van der Waals surface area (Å²) in [5.74, 6) is 1.98. The van der Waals surface area contributed by atoms with Crippen LogP contribution in [0.1, 0.15) is 20.8 Å². The van der Waals surface area contributed by atoms with Crippen LogP contribution in [0.15, 0.2) is 66.7 Å². The van der Waals surface area contributed by atoms with Gasteiger partial charge in [0.15, 0.2) is 5.75 Å². The van der Waals surface area contributed by atoms with E-state index in [2.05, 4.69) is 4.90 Å². The Labute approximate surface area is 207 Å². The zero-order valence-corrected chi connectivity index (χ0v) is 20.2. The van der Waals surface area contributed by atoms with Crippen molar-refractivity contribution in [2.75, 3.05) is 32.9 Å². The molecule has 0 atom stereocenters. The first kappa shape index (κ1) is 23.3. The molecule has 0 unspecified atom stereocenters. The summed E-state index contributed by atoms with van der Waals surface area (Å²) in [7, 11) is 0. The minimum absolute atomic E-state index is 0.111. The number of likely N-dealkylation sites (tertiary alicyclic amines) is 1. The van der Waals surface area contributed by atoms with Gasteiger partial charge in [-0.25, -0.2) is 0 Å². The topological polar surface area (TPSA) is 59.0 Å². The number of aryl methyl sites for hydroxylation is 1. The first-order valence-corrected chi connectivity index (χ1v) is 12.4. The number of carbonyl (C=O) groups is 1. The van der Waals surface area contributed by atoms with Crippen molar-refractivity contribution in [2.45, 2.75) is 6.92 Å². The van der Waals surface area contributed by atoms with Crippen molar-refractivity contribution in [2.24, 2.45) is 5.92 Å². The Bertz CT molecular complexity index is 1350. The standard InChI is InChI=1S/C28H26FNO4S/c1-18-4-2-3-5-23(18)26(32)28-27(24-11-6-20(31)14-25(24)35-28)34-22-9-7-21(8-10-22)33-13-12-30-16-19(15-29)17-30/h2-11,14,19,31H,12-13,15-17H2,1H3. The maximum absolute atomic E-state index is 13.5. The van der Waals surface area contributed by atoms with Gasteiger partial charge in [0.05, 0.1) is 6.67 Å². The van der Waals surface area contributed by atoms with E-state index in [9.17, 15) is 14.3 Å². The summed E-state index contributed by atoms with van der Waals surface area (Å²) >= 11 is 1.31. The normalized spacial score (nSPS) is 14.1. The molecule has 0 spiro atoms. The third-order valence-corrected chi connectivity index (χ3v) is 7.33. The second-order valence-corrected chi connectivity index (χ2v) is 9.84. The predicted octanol–water partition coefficient (Wildman–Crippen LogP) is 6.22. The molecule has 0 radical (unpaired) electrons. The Morgan fingerprint density at radius 2 is 1.83 bits per heavy atom. The second-order valence-electron chi connectivity index (χ2n) is 8.79. The lowest BCUT2D eigenvalue weighted by Gasteiger charge is -2.37. The fourth-order valence-corrected chi connectivity index (χ4v) is 5.35. The summed E-state index contributed by atoms with van der Waals surface area (Å²) in [6, 6.07) is 19.8. The zero-order valence-electron chi connectivity index (χ0n) is 19.4. The lowest BCUT2D eigenvalue weighted by molar-refractivity contribution is 0.0668. The Morgan fingerprint density at radius 1 is 1.09 bits per heavy atom. The lowest BCUT2D eigenvalue weighted by atomic mass is 10.0. The number of aromatic hydroxyl groups is 1. The SMILES string of the molecule is Cc1ccccc1C(=O)c1sc2cc(O)ccc2c1Oc1ccc(OCCN2CC(CF)C2)cc1. The first-order valence-electron chi connectivity index (χ1n) is 11.6. The van der Waals surface area contributed by atoms with Crippen LogP contribution in [0.5, 0.6) is 23.0 Å². The van der Waals surface area contributed by atoms with Crippen LogP contribution >= 0.6 is 11.3 Å². The predicted molar refractivity (Wildman–Crippen MR) is 136 cm³/mol. The van der Waals surface area contributed by atoms with Crippen molar-refractivity contribution >= 4 is 27.2 Å². The highest BCUT2D eigenvalue weighted by atomic mass is 32.1. The minimum atomic E-state index is -0.252. The van der Waals surface area contributed by atoms with Gasteiger partial charge in [0.2, 0.25) is 5.78 Å². The van der Waals surface area contributed by atoms with Gasteiger partial charge in [0, 0.05) is 41.2 Å². The van der Waals surface area contributed by atoms with E-state index in [0.717, 1.165) is 41.0 Å². The Hall–Kier alpha value is -3.42. The summed E-state index contributed by atoms with van der Waals surface area (Å²) in [6.07, 6.45) is 0. The molecule has 1 N–H and O–H groups in total. The lowest BCUT2D eigenvalue weighted by Crippen LogP contribution is -2.49. The van der Waals surface area contributed by atoms with Gasteiger partial charge >= 0.3 is 0 Å². The fraction of sp³-hybridized carbons (Fsp3) is 0.250. The molecule has 1 fully saturated rings. The highest BCUT2D eigenvalue weighted by Gasteiger charge is 2.26. The van der Waals surface area contributed by atoms with Gasteiger partial charge < -0.3 is 14.6 Å². The van der Waals surface area contributed by atoms with Crippen LogP contribution in [0.3, 0.4) is 0 Å². The molecule has 7 heteroatoms. The number of benzene rings is 3. The third-order valence-electron chi connectivity index (χ3n) is 6.19. The monoisotopic (exact) mass is 491 g/mol. The maximum atomic E-state index is 13.5. The van der Waals surface area contributed by atoms with E-state index < -0.39 is 0 Å². The van der Waals surface area contributed by atoms with Crippen LogP contribution in [0, 0.1) is 12.8 Å². The van der Waals surface area contributed by atoms with Crippen molar-refractivity contribution in [1.29, 1.82) is 0 Å². The first-order chi connectivity index (χ1) is 17.0. The molecule has 0 amide bonds. The van der Waals surface area contributed by atoms with E-state index in [1.54, 1.807) is 18.2 Å². The van der Waals surface area contributed by atoms with Crippen molar-refractivity contribution in [3.63, 3.8) is 0 Å². The maximum Gasteiger partial charge on any atom is 0.207 e. The van der Waals surface area contributed by atoms with Crippen LogP contribution in [0.25, 0.3) is 10.1 Å². The van der Waals surface area contributed by atoms with Crippen LogP contribution in [0.4, 0.5) is 4.39 Å². The summed E-state index contributed by atoms with van der Waals surface area (Å²) in [5, 5.41) is 10.7. The van der Waals surface area contributed by atoms with Crippen LogP contribution in [0.2, 0.25) is 0 Å². The molecule has 5 rings (SSSR count). The molecule has 180 valence electrons. The number of rotatable bonds is 9. The number of phenols is 1.